The molecule has 0 spiro atoms. The van der Waals surface area contributed by atoms with Gasteiger partial charge in [0.1, 0.15) is 0 Å². The van der Waals surface area contributed by atoms with Crippen LogP contribution in [0.25, 0.3) is 0 Å². The molecule has 1 unspecified atom stereocenters. The zero-order valence-electron chi connectivity index (χ0n) is 7.33. The van der Waals surface area contributed by atoms with Crippen LogP contribution in [0.15, 0.2) is 42.5 Å². The van der Waals surface area contributed by atoms with Crippen molar-refractivity contribution in [3.63, 3.8) is 0 Å². The van der Waals surface area contributed by atoms with Crippen molar-refractivity contribution in [3.8, 4) is 0 Å². The Bertz CT molecular complexity index is 251. The van der Waals surface area contributed by atoms with Gasteiger partial charge in [-0.1, -0.05) is 42.5 Å². The van der Waals surface area contributed by atoms with Gasteiger partial charge in [-0.2, -0.15) is 0 Å². The van der Waals surface area contributed by atoms with Gasteiger partial charge in [-0.25, -0.2) is 0 Å². The predicted octanol–water partition coefficient (Wildman–Crippen LogP) is 2.34. The predicted molar refractivity (Wildman–Crippen MR) is 51.1 cm³/mol. The molecule has 1 rings (SSSR count). The molecule has 0 heterocycles. The lowest BCUT2D eigenvalue weighted by molar-refractivity contribution is 0.279. The van der Waals surface area contributed by atoms with Crippen LogP contribution >= 0.6 is 0 Å². The van der Waals surface area contributed by atoms with Crippen LogP contribution in [0.3, 0.4) is 0 Å². The van der Waals surface area contributed by atoms with Gasteiger partial charge in [0.2, 0.25) is 0 Å². The van der Waals surface area contributed by atoms with Crippen LogP contribution in [0.2, 0.25) is 0 Å². The van der Waals surface area contributed by atoms with E-state index >= 15 is 0 Å². The third kappa shape index (κ3) is 1.95. The first-order chi connectivity index (χ1) is 5.75. The molecule has 1 N–H and O–H groups in total. The second-order valence-corrected chi connectivity index (χ2v) is 2.99. The summed E-state index contributed by atoms with van der Waals surface area (Å²) in [6, 6.07) is 9.93. The van der Waals surface area contributed by atoms with Crippen LogP contribution in [0.5, 0.6) is 0 Å². The van der Waals surface area contributed by atoms with Gasteiger partial charge in [-0.05, 0) is 12.5 Å². The van der Waals surface area contributed by atoms with E-state index in [0.29, 0.717) is 0 Å². The molecule has 0 aromatic heterocycles. The van der Waals surface area contributed by atoms with E-state index in [9.17, 15) is 0 Å². The van der Waals surface area contributed by atoms with Gasteiger partial charge in [0.25, 0.3) is 0 Å². The van der Waals surface area contributed by atoms with E-state index in [0.717, 1.165) is 11.1 Å². The Morgan fingerprint density at radius 3 is 2.42 bits per heavy atom. The number of aliphatic hydroxyl groups is 1. The summed E-state index contributed by atoms with van der Waals surface area (Å²) in [5.41, 5.74) is 2.14. The molecule has 0 aliphatic rings. The highest BCUT2D eigenvalue weighted by molar-refractivity contribution is 5.26. The first-order valence-electron chi connectivity index (χ1n) is 4.07. The number of hydrogen-bond acceptors (Lipinski definition) is 1. The quantitative estimate of drug-likeness (QED) is 0.676. The minimum atomic E-state index is 0.0891. The lowest BCUT2D eigenvalue weighted by atomic mass is 9.94. The largest absolute Gasteiger partial charge is 0.395 e. The molecule has 1 aromatic rings. The Morgan fingerprint density at radius 2 is 2.00 bits per heavy atom. The average molecular weight is 162 g/mol. The van der Waals surface area contributed by atoms with Crippen molar-refractivity contribution in [1.29, 1.82) is 0 Å². The summed E-state index contributed by atoms with van der Waals surface area (Å²) < 4.78 is 0. The summed E-state index contributed by atoms with van der Waals surface area (Å²) >= 11 is 0. The summed E-state index contributed by atoms with van der Waals surface area (Å²) in [6.07, 6.45) is 0. The first kappa shape index (κ1) is 9.01. The highest BCUT2D eigenvalue weighted by Gasteiger charge is 2.09. The number of rotatable bonds is 3. The van der Waals surface area contributed by atoms with Gasteiger partial charge in [0.05, 0.1) is 6.61 Å². The van der Waals surface area contributed by atoms with Crippen molar-refractivity contribution < 1.29 is 5.11 Å². The number of benzene rings is 1. The van der Waals surface area contributed by atoms with E-state index < -0.39 is 0 Å². The average Bonchev–Trinajstić information content (AvgIpc) is 2.07. The molecule has 0 aliphatic heterocycles. The second-order valence-electron chi connectivity index (χ2n) is 2.99. The van der Waals surface area contributed by atoms with Crippen LogP contribution in [0.1, 0.15) is 18.4 Å². The van der Waals surface area contributed by atoms with Crippen molar-refractivity contribution in [2.24, 2.45) is 0 Å². The van der Waals surface area contributed by atoms with Crippen molar-refractivity contribution >= 4 is 0 Å². The topological polar surface area (TPSA) is 20.2 Å². The molecule has 0 aliphatic carbocycles. The molecular weight excluding hydrogens is 148 g/mol. The molecule has 0 saturated heterocycles. The second kappa shape index (κ2) is 4.07. The van der Waals surface area contributed by atoms with Crippen LogP contribution in [-0.2, 0) is 0 Å². The third-order valence-corrected chi connectivity index (χ3v) is 1.98. The van der Waals surface area contributed by atoms with Gasteiger partial charge in [-0.15, -0.1) is 0 Å². The standard InChI is InChI=1S/C11H14O/c1-9(2)11(8-12)10-6-4-3-5-7-10/h3-7,11-12H,1,8H2,2H3. The zero-order valence-corrected chi connectivity index (χ0v) is 7.33. The molecular formula is C11H14O. The van der Waals surface area contributed by atoms with E-state index in [1.165, 1.54) is 0 Å². The summed E-state index contributed by atoms with van der Waals surface area (Å²) in [7, 11) is 0. The van der Waals surface area contributed by atoms with Crippen molar-refractivity contribution in [2.45, 2.75) is 12.8 Å². The Labute approximate surface area is 73.4 Å². The molecule has 0 radical (unpaired) electrons. The van der Waals surface area contributed by atoms with Crippen LogP contribution in [0, 0.1) is 0 Å². The Hall–Kier alpha value is -1.08. The Balaban J connectivity index is 2.88. The summed E-state index contributed by atoms with van der Waals surface area (Å²) in [6.45, 7) is 5.92. The zero-order chi connectivity index (χ0) is 8.97. The first-order valence-corrected chi connectivity index (χ1v) is 4.07. The van der Waals surface area contributed by atoms with Gasteiger partial charge >= 0.3 is 0 Å². The summed E-state index contributed by atoms with van der Waals surface area (Å²) in [5, 5.41) is 9.09. The fourth-order valence-corrected chi connectivity index (χ4v) is 1.23. The molecule has 1 nitrogen and oxygen atoms in total. The van der Waals surface area contributed by atoms with Crippen LogP contribution in [0.4, 0.5) is 0 Å². The van der Waals surface area contributed by atoms with E-state index in [1.807, 2.05) is 37.3 Å². The molecule has 0 saturated carbocycles. The minimum Gasteiger partial charge on any atom is -0.395 e. The van der Waals surface area contributed by atoms with Crippen LogP contribution < -0.4 is 0 Å². The van der Waals surface area contributed by atoms with Gasteiger partial charge in [0.15, 0.2) is 0 Å². The fraction of sp³-hybridized carbons (Fsp3) is 0.273. The summed E-state index contributed by atoms with van der Waals surface area (Å²) in [4.78, 5) is 0. The molecule has 1 heteroatoms. The Morgan fingerprint density at radius 1 is 1.42 bits per heavy atom. The van der Waals surface area contributed by atoms with E-state index in [-0.39, 0.29) is 12.5 Å². The molecule has 0 bridgehead atoms. The van der Waals surface area contributed by atoms with E-state index in [4.69, 9.17) is 5.11 Å². The highest BCUT2D eigenvalue weighted by atomic mass is 16.3. The van der Waals surface area contributed by atoms with Gasteiger partial charge in [-0.3, -0.25) is 0 Å². The van der Waals surface area contributed by atoms with Gasteiger partial charge < -0.3 is 5.11 Å². The molecule has 1 aromatic carbocycles. The lowest BCUT2D eigenvalue weighted by Gasteiger charge is -2.13. The van der Waals surface area contributed by atoms with Crippen molar-refractivity contribution in [2.75, 3.05) is 6.61 Å². The molecule has 0 amide bonds. The van der Waals surface area contributed by atoms with Crippen molar-refractivity contribution in [1.82, 2.24) is 0 Å². The highest BCUT2D eigenvalue weighted by Crippen LogP contribution is 2.21. The van der Waals surface area contributed by atoms with E-state index in [1.54, 1.807) is 0 Å². The molecule has 1 atom stereocenters. The lowest BCUT2D eigenvalue weighted by Crippen LogP contribution is -2.04. The minimum absolute atomic E-state index is 0.0891. The Kier molecular flexibility index (Phi) is 3.06. The number of aliphatic hydroxyl groups excluding tert-OH is 1. The third-order valence-electron chi connectivity index (χ3n) is 1.98. The van der Waals surface area contributed by atoms with E-state index in [2.05, 4.69) is 6.58 Å². The smallest absolute Gasteiger partial charge is 0.0536 e. The normalized spacial score (nSPS) is 12.5. The maximum absolute atomic E-state index is 9.09. The number of hydrogen-bond donors (Lipinski definition) is 1. The molecule has 0 fully saturated rings. The fourth-order valence-electron chi connectivity index (χ4n) is 1.23. The monoisotopic (exact) mass is 162 g/mol. The maximum Gasteiger partial charge on any atom is 0.0536 e. The molecule has 12 heavy (non-hydrogen) atoms. The summed E-state index contributed by atoms with van der Waals surface area (Å²) in [5.74, 6) is 0.0891. The SMILES string of the molecule is C=C(C)C(CO)c1ccccc1. The van der Waals surface area contributed by atoms with Crippen LogP contribution in [-0.4, -0.2) is 11.7 Å². The maximum atomic E-state index is 9.09. The molecule has 64 valence electrons. The van der Waals surface area contributed by atoms with Crippen molar-refractivity contribution in [3.05, 3.63) is 48.0 Å². The van der Waals surface area contributed by atoms with Gasteiger partial charge in [0, 0.05) is 5.92 Å².